The van der Waals surface area contributed by atoms with Crippen molar-refractivity contribution < 1.29 is 9.53 Å². The van der Waals surface area contributed by atoms with E-state index in [4.69, 9.17) is 16.3 Å². The van der Waals surface area contributed by atoms with Crippen LogP contribution in [0.3, 0.4) is 0 Å². The van der Waals surface area contributed by atoms with Gasteiger partial charge in [0.1, 0.15) is 6.10 Å². The quantitative estimate of drug-likeness (QED) is 0.869. The molecule has 25 heavy (non-hydrogen) atoms. The van der Waals surface area contributed by atoms with Gasteiger partial charge in [-0.05, 0) is 58.1 Å². The van der Waals surface area contributed by atoms with E-state index in [-0.39, 0.29) is 17.1 Å². The Morgan fingerprint density at radius 1 is 1.36 bits per heavy atom. The molecule has 6 heteroatoms. The number of carbonyl (C=O) groups excluding carboxylic acids is 1. The lowest BCUT2D eigenvalue weighted by Crippen LogP contribution is -2.41. The number of halogens is 1. The van der Waals surface area contributed by atoms with E-state index in [1.807, 2.05) is 39.0 Å². The van der Waals surface area contributed by atoms with Gasteiger partial charge in [-0.3, -0.25) is 4.79 Å². The molecule has 1 aromatic carbocycles. The summed E-state index contributed by atoms with van der Waals surface area (Å²) in [6.07, 6.45) is 0.855. The average Bonchev–Trinajstić information content (AvgIpc) is 3.29. The average molecular weight is 363 g/mol. The summed E-state index contributed by atoms with van der Waals surface area (Å²) in [7, 11) is 0. The normalized spacial score (nSPS) is 15.9. The van der Waals surface area contributed by atoms with Gasteiger partial charge < -0.3 is 14.6 Å². The van der Waals surface area contributed by atoms with Crippen LogP contribution in [0.25, 0.3) is 10.8 Å². The van der Waals surface area contributed by atoms with Crippen LogP contribution in [-0.2, 0) is 4.74 Å². The summed E-state index contributed by atoms with van der Waals surface area (Å²) in [4.78, 5) is 25.1. The van der Waals surface area contributed by atoms with E-state index in [0.29, 0.717) is 16.1 Å². The van der Waals surface area contributed by atoms with Crippen LogP contribution >= 0.6 is 11.6 Å². The van der Waals surface area contributed by atoms with Crippen molar-refractivity contribution in [3.63, 3.8) is 0 Å². The first-order chi connectivity index (χ1) is 11.7. The molecular formula is C19H23ClN2O3. The Balaban J connectivity index is 2.02. The lowest BCUT2D eigenvalue weighted by atomic mass is 10.1. The standard InChI is InChI=1S/C19H23ClN2O3/c1-11(25-18(24)21-19(2,3)4)15-10-12-6-5-7-14(20)16(12)17(23)22(15)13-8-9-13/h5-7,10-11,13H,8-9H2,1-4H3,(H,21,24)/t11-/m0/s1. The fourth-order valence-electron chi connectivity index (χ4n) is 2.93. The summed E-state index contributed by atoms with van der Waals surface area (Å²) >= 11 is 6.24. The number of nitrogens with zero attached hydrogens (tertiary/aromatic N) is 1. The molecule has 0 spiro atoms. The first-order valence-electron chi connectivity index (χ1n) is 8.50. The smallest absolute Gasteiger partial charge is 0.408 e. The molecule has 0 bridgehead atoms. The van der Waals surface area contributed by atoms with Crippen molar-refractivity contribution >= 4 is 28.5 Å². The first-order valence-corrected chi connectivity index (χ1v) is 8.87. The molecule has 1 N–H and O–H groups in total. The molecule has 134 valence electrons. The molecule has 1 saturated carbocycles. The van der Waals surface area contributed by atoms with Crippen LogP contribution in [0.15, 0.2) is 29.1 Å². The van der Waals surface area contributed by atoms with Crippen LogP contribution in [0.5, 0.6) is 0 Å². The number of rotatable bonds is 3. The number of amides is 1. The van der Waals surface area contributed by atoms with Crippen LogP contribution in [0.1, 0.15) is 58.4 Å². The number of aromatic nitrogens is 1. The van der Waals surface area contributed by atoms with Crippen molar-refractivity contribution in [2.24, 2.45) is 0 Å². The second kappa shape index (κ2) is 6.37. The third kappa shape index (κ3) is 3.82. The van der Waals surface area contributed by atoms with E-state index in [1.54, 1.807) is 17.6 Å². The van der Waals surface area contributed by atoms with Crippen LogP contribution in [0, 0.1) is 0 Å². The lowest BCUT2D eigenvalue weighted by molar-refractivity contribution is 0.0957. The van der Waals surface area contributed by atoms with E-state index >= 15 is 0 Å². The molecule has 0 unspecified atom stereocenters. The molecule has 1 amide bonds. The highest BCUT2D eigenvalue weighted by molar-refractivity contribution is 6.35. The number of hydrogen-bond acceptors (Lipinski definition) is 3. The van der Waals surface area contributed by atoms with Gasteiger partial charge in [-0.15, -0.1) is 0 Å². The Labute approximate surface area is 151 Å². The third-order valence-corrected chi connectivity index (χ3v) is 4.46. The zero-order valence-corrected chi connectivity index (χ0v) is 15.7. The van der Waals surface area contributed by atoms with Gasteiger partial charge in [0.25, 0.3) is 5.56 Å². The van der Waals surface area contributed by atoms with Crippen LogP contribution < -0.4 is 10.9 Å². The summed E-state index contributed by atoms with van der Waals surface area (Å²) in [5.41, 5.74) is 0.197. The molecule has 1 aromatic heterocycles. The molecule has 0 saturated heterocycles. The summed E-state index contributed by atoms with van der Waals surface area (Å²) < 4.78 is 7.26. The molecule has 1 atom stereocenters. The molecule has 2 aromatic rings. The van der Waals surface area contributed by atoms with Gasteiger partial charge in [0, 0.05) is 11.6 Å². The number of pyridine rings is 1. The van der Waals surface area contributed by atoms with Crippen LogP contribution in [0.4, 0.5) is 4.79 Å². The minimum atomic E-state index is -0.543. The zero-order valence-electron chi connectivity index (χ0n) is 14.9. The molecule has 5 nitrogen and oxygen atoms in total. The van der Waals surface area contributed by atoms with Crippen molar-refractivity contribution in [1.82, 2.24) is 9.88 Å². The topological polar surface area (TPSA) is 60.3 Å². The fraction of sp³-hybridized carbons (Fsp3) is 0.474. The Morgan fingerprint density at radius 2 is 2.04 bits per heavy atom. The van der Waals surface area contributed by atoms with E-state index < -0.39 is 12.2 Å². The predicted octanol–water partition coefficient (Wildman–Crippen LogP) is 4.58. The highest BCUT2D eigenvalue weighted by Crippen LogP contribution is 2.37. The number of hydrogen-bond donors (Lipinski definition) is 1. The van der Waals surface area contributed by atoms with E-state index in [0.717, 1.165) is 18.2 Å². The summed E-state index contributed by atoms with van der Waals surface area (Å²) in [5, 5.41) is 4.50. The zero-order chi connectivity index (χ0) is 18.4. The van der Waals surface area contributed by atoms with Crippen molar-refractivity contribution in [3.8, 4) is 0 Å². The molecule has 1 fully saturated rings. The predicted molar refractivity (Wildman–Crippen MR) is 99.3 cm³/mol. The molecule has 3 rings (SSSR count). The minimum Gasteiger partial charge on any atom is -0.440 e. The number of alkyl carbamates (subject to hydrolysis) is 1. The first kappa shape index (κ1) is 17.8. The number of nitrogens with one attached hydrogen (secondary N) is 1. The van der Waals surface area contributed by atoms with Crippen LogP contribution in [0.2, 0.25) is 5.02 Å². The summed E-state index contributed by atoms with van der Waals surface area (Å²) in [6.45, 7) is 7.44. The van der Waals surface area contributed by atoms with E-state index in [2.05, 4.69) is 5.32 Å². The molecule has 1 heterocycles. The molecular weight excluding hydrogens is 340 g/mol. The second-order valence-electron chi connectivity index (χ2n) is 7.60. The Hall–Kier alpha value is -2.01. The largest absolute Gasteiger partial charge is 0.440 e. The Bertz CT molecular complexity index is 879. The SMILES string of the molecule is C[C@H](OC(=O)NC(C)(C)C)c1cc2cccc(Cl)c2c(=O)n1C1CC1. The molecule has 0 aliphatic heterocycles. The maximum absolute atomic E-state index is 13.0. The van der Waals surface area contributed by atoms with Crippen LogP contribution in [-0.4, -0.2) is 16.2 Å². The minimum absolute atomic E-state index is 0.118. The van der Waals surface area contributed by atoms with Crippen molar-refractivity contribution in [3.05, 3.63) is 45.3 Å². The molecule has 0 radical (unpaired) electrons. The van der Waals surface area contributed by atoms with Gasteiger partial charge in [0.05, 0.1) is 16.1 Å². The lowest BCUT2D eigenvalue weighted by Gasteiger charge is -2.24. The second-order valence-corrected chi connectivity index (χ2v) is 8.01. The van der Waals surface area contributed by atoms with Gasteiger partial charge in [-0.1, -0.05) is 23.7 Å². The summed E-state index contributed by atoms with van der Waals surface area (Å²) in [6, 6.07) is 7.44. The summed E-state index contributed by atoms with van der Waals surface area (Å²) in [5.74, 6) is 0. The van der Waals surface area contributed by atoms with Gasteiger partial charge in [-0.2, -0.15) is 0 Å². The van der Waals surface area contributed by atoms with Gasteiger partial charge >= 0.3 is 6.09 Å². The number of ether oxygens (including phenoxy) is 1. The molecule has 1 aliphatic rings. The number of carbonyl (C=O) groups is 1. The number of fused-ring (bicyclic) bond motifs is 1. The van der Waals surface area contributed by atoms with Crippen molar-refractivity contribution in [1.29, 1.82) is 0 Å². The molecule has 1 aliphatic carbocycles. The van der Waals surface area contributed by atoms with Crippen molar-refractivity contribution in [2.75, 3.05) is 0 Å². The van der Waals surface area contributed by atoms with E-state index in [1.165, 1.54) is 0 Å². The highest BCUT2D eigenvalue weighted by atomic mass is 35.5. The van der Waals surface area contributed by atoms with Crippen molar-refractivity contribution in [2.45, 2.75) is 58.2 Å². The monoisotopic (exact) mass is 362 g/mol. The van der Waals surface area contributed by atoms with Gasteiger partial charge in [0.15, 0.2) is 0 Å². The highest BCUT2D eigenvalue weighted by Gasteiger charge is 2.30. The maximum atomic E-state index is 13.0. The Morgan fingerprint density at radius 3 is 2.64 bits per heavy atom. The van der Waals surface area contributed by atoms with Gasteiger partial charge in [-0.25, -0.2) is 4.79 Å². The third-order valence-electron chi connectivity index (χ3n) is 4.15. The Kier molecular flexibility index (Phi) is 4.54. The number of benzene rings is 1. The maximum Gasteiger partial charge on any atom is 0.408 e. The van der Waals surface area contributed by atoms with Gasteiger partial charge in [0.2, 0.25) is 0 Å². The fourth-order valence-corrected chi connectivity index (χ4v) is 3.20. The van der Waals surface area contributed by atoms with E-state index in [9.17, 15) is 9.59 Å².